The van der Waals surface area contributed by atoms with E-state index in [1.165, 1.54) is 12.1 Å². The fourth-order valence-corrected chi connectivity index (χ4v) is 3.33. The Bertz CT molecular complexity index is 578. The van der Waals surface area contributed by atoms with Crippen molar-refractivity contribution in [1.29, 1.82) is 0 Å². The van der Waals surface area contributed by atoms with Crippen molar-refractivity contribution in [1.82, 2.24) is 4.31 Å². The van der Waals surface area contributed by atoms with Gasteiger partial charge in [-0.2, -0.15) is 4.31 Å². The Balaban J connectivity index is 3.32. The van der Waals surface area contributed by atoms with Crippen LogP contribution in [0.4, 0.5) is 4.39 Å². The molecule has 0 spiro atoms. The molecule has 19 heavy (non-hydrogen) atoms. The maximum absolute atomic E-state index is 13.1. The lowest BCUT2D eigenvalue weighted by molar-refractivity contribution is -0.138. The van der Waals surface area contributed by atoms with Crippen LogP contribution in [0.5, 0.6) is 0 Å². The van der Waals surface area contributed by atoms with Crippen LogP contribution in [0, 0.1) is 5.82 Å². The summed E-state index contributed by atoms with van der Waals surface area (Å²) >= 11 is 0. The van der Waals surface area contributed by atoms with E-state index < -0.39 is 33.9 Å². The maximum Gasteiger partial charge on any atom is 0.318 e. The van der Waals surface area contributed by atoms with Crippen molar-refractivity contribution in [3.05, 3.63) is 30.1 Å². The highest BCUT2D eigenvalue weighted by Gasteiger charge is 2.35. The molecule has 0 aromatic heterocycles. The molecule has 0 atom stereocenters. The monoisotopic (exact) mass is 289 g/mol. The van der Waals surface area contributed by atoms with E-state index in [0.717, 1.165) is 16.4 Å². The van der Waals surface area contributed by atoms with Crippen LogP contribution in [0.1, 0.15) is 20.8 Å². The zero-order chi connectivity index (χ0) is 14.8. The number of carboxylic acids is 1. The first-order chi connectivity index (χ1) is 8.55. The summed E-state index contributed by atoms with van der Waals surface area (Å²) in [6.45, 7) is 4.05. The summed E-state index contributed by atoms with van der Waals surface area (Å²) in [5.41, 5.74) is -0.927. The minimum Gasteiger partial charge on any atom is -0.480 e. The van der Waals surface area contributed by atoms with E-state index in [1.807, 2.05) is 0 Å². The van der Waals surface area contributed by atoms with Crippen LogP contribution >= 0.6 is 0 Å². The molecule has 0 aliphatic carbocycles. The molecule has 0 aliphatic rings. The van der Waals surface area contributed by atoms with Crippen LogP contribution in [-0.2, 0) is 14.8 Å². The molecule has 0 radical (unpaired) electrons. The molecule has 0 saturated heterocycles. The number of benzene rings is 1. The van der Waals surface area contributed by atoms with Crippen molar-refractivity contribution < 1.29 is 22.7 Å². The summed E-state index contributed by atoms with van der Waals surface area (Å²) in [6.07, 6.45) is 0. The Morgan fingerprint density at radius 2 is 1.95 bits per heavy atom. The molecule has 5 nitrogen and oxygen atoms in total. The average molecular weight is 289 g/mol. The number of rotatable bonds is 4. The number of carbonyl (C=O) groups is 1. The van der Waals surface area contributed by atoms with Crippen LogP contribution in [-0.4, -0.2) is 35.9 Å². The molecular formula is C12H16FNO4S. The Kier molecular flexibility index (Phi) is 4.32. The summed E-state index contributed by atoms with van der Waals surface area (Å²) in [4.78, 5) is 10.6. The summed E-state index contributed by atoms with van der Waals surface area (Å²) in [5.74, 6) is -1.96. The van der Waals surface area contributed by atoms with E-state index in [2.05, 4.69) is 0 Å². The molecule has 0 saturated carbocycles. The summed E-state index contributed by atoms with van der Waals surface area (Å²) in [5, 5.41) is 8.83. The number of sulfonamides is 1. The van der Waals surface area contributed by atoms with Gasteiger partial charge in [-0.3, -0.25) is 4.79 Å². The van der Waals surface area contributed by atoms with Crippen LogP contribution in [0.25, 0.3) is 0 Å². The predicted molar refractivity (Wildman–Crippen MR) is 67.7 cm³/mol. The molecule has 106 valence electrons. The topological polar surface area (TPSA) is 74.7 Å². The standard InChI is InChI=1S/C12H16FNO4S/c1-12(2,3)14(8-11(15)16)19(17,18)10-6-4-5-9(13)7-10/h4-7H,8H2,1-3H3,(H,15,16). The first-order valence-corrected chi connectivity index (χ1v) is 6.99. The lowest BCUT2D eigenvalue weighted by Gasteiger charge is -2.33. The SMILES string of the molecule is CC(C)(C)N(CC(=O)O)S(=O)(=O)c1cccc(F)c1. The van der Waals surface area contributed by atoms with Crippen LogP contribution in [0.15, 0.2) is 29.2 Å². The number of carboxylic acid groups (broad SMARTS) is 1. The predicted octanol–water partition coefficient (Wildman–Crippen LogP) is 1.70. The minimum absolute atomic E-state index is 0.260. The van der Waals surface area contributed by atoms with Gasteiger partial charge in [0.25, 0.3) is 0 Å². The highest BCUT2D eigenvalue weighted by Crippen LogP contribution is 2.24. The molecule has 1 rings (SSSR count). The normalized spacial score (nSPS) is 12.7. The molecule has 0 unspecified atom stereocenters. The van der Waals surface area contributed by atoms with Crippen molar-refractivity contribution in [2.45, 2.75) is 31.2 Å². The van der Waals surface area contributed by atoms with E-state index in [0.29, 0.717) is 0 Å². The van der Waals surface area contributed by atoms with E-state index >= 15 is 0 Å². The second kappa shape index (κ2) is 5.26. The average Bonchev–Trinajstić information content (AvgIpc) is 2.24. The Labute approximate surface area is 111 Å². The fraction of sp³-hybridized carbons (Fsp3) is 0.417. The quantitative estimate of drug-likeness (QED) is 0.915. The van der Waals surface area contributed by atoms with Gasteiger partial charge < -0.3 is 5.11 Å². The van der Waals surface area contributed by atoms with Gasteiger partial charge in [-0.1, -0.05) is 6.07 Å². The van der Waals surface area contributed by atoms with Gasteiger partial charge in [0.05, 0.1) is 4.90 Å². The molecular weight excluding hydrogens is 273 g/mol. The van der Waals surface area contributed by atoms with E-state index in [9.17, 15) is 17.6 Å². The number of hydrogen-bond donors (Lipinski definition) is 1. The highest BCUT2D eigenvalue weighted by atomic mass is 32.2. The van der Waals surface area contributed by atoms with Gasteiger partial charge >= 0.3 is 5.97 Å². The number of halogens is 1. The lowest BCUT2D eigenvalue weighted by Crippen LogP contribution is -2.48. The van der Waals surface area contributed by atoms with Gasteiger partial charge in [0.2, 0.25) is 10.0 Å². The minimum atomic E-state index is -4.06. The van der Waals surface area contributed by atoms with E-state index in [1.54, 1.807) is 20.8 Å². The Morgan fingerprint density at radius 3 is 2.37 bits per heavy atom. The molecule has 7 heteroatoms. The van der Waals surface area contributed by atoms with Gasteiger partial charge in [-0.25, -0.2) is 12.8 Å². The van der Waals surface area contributed by atoms with Crippen molar-refractivity contribution in [2.24, 2.45) is 0 Å². The van der Waals surface area contributed by atoms with Gasteiger partial charge in [0.1, 0.15) is 12.4 Å². The van der Waals surface area contributed by atoms with Gasteiger partial charge in [-0.15, -0.1) is 0 Å². The summed E-state index contributed by atoms with van der Waals surface area (Å²) in [6, 6.07) is 4.50. The first-order valence-electron chi connectivity index (χ1n) is 5.55. The maximum atomic E-state index is 13.1. The first kappa shape index (κ1) is 15.6. The Hall–Kier alpha value is -1.47. The van der Waals surface area contributed by atoms with Crippen molar-refractivity contribution in [3.8, 4) is 0 Å². The lowest BCUT2D eigenvalue weighted by atomic mass is 10.1. The third-order valence-corrected chi connectivity index (χ3v) is 4.52. The molecule has 0 aliphatic heterocycles. The zero-order valence-electron chi connectivity index (χ0n) is 10.9. The van der Waals surface area contributed by atoms with Crippen molar-refractivity contribution in [3.63, 3.8) is 0 Å². The van der Waals surface area contributed by atoms with Gasteiger partial charge in [-0.05, 0) is 39.0 Å². The second-order valence-electron chi connectivity index (χ2n) is 5.03. The second-order valence-corrected chi connectivity index (χ2v) is 6.90. The van der Waals surface area contributed by atoms with Crippen LogP contribution in [0.2, 0.25) is 0 Å². The molecule has 0 fully saturated rings. The van der Waals surface area contributed by atoms with E-state index in [4.69, 9.17) is 5.11 Å². The highest BCUT2D eigenvalue weighted by molar-refractivity contribution is 7.89. The van der Waals surface area contributed by atoms with Gasteiger partial charge in [0, 0.05) is 5.54 Å². The summed E-state index contributed by atoms with van der Waals surface area (Å²) < 4.78 is 38.7. The number of nitrogens with zero attached hydrogens (tertiary/aromatic N) is 1. The summed E-state index contributed by atoms with van der Waals surface area (Å²) in [7, 11) is -4.06. The number of hydrogen-bond acceptors (Lipinski definition) is 3. The molecule has 1 aromatic carbocycles. The smallest absolute Gasteiger partial charge is 0.318 e. The van der Waals surface area contributed by atoms with Crippen LogP contribution < -0.4 is 0 Å². The zero-order valence-corrected chi connectivity index (χ0v) is 11.7. The van der Waals surface area contributed by atoms with E-state index in [-0.39, 0.29) is 4.90 Å². The number of aliphatic carboxylic acids is 1. The van der Waals surface area contributed by atoms with Crippen LogP contribution in [0.3, 0.4) is 0 Å². The molecule has 1 aromatic rings. The molecule has 0 bridgehead atoms. The molecule has 0 amide bonds. The molecule has 1 N–H and O–H groups in total. The molecule has 0 heterocycles. The van der Waals surface area contributed by atoms with Crippen molar-refractivity contribution in [2.75, 3.05) is 6.54 Å². The Morgan fingerprint density at radius 1 is 1.37 bits per heavy atom. The third-order valence-electron chi connectivity index (χ3n) is 2.41. The van der Waals surface area contributed by atoms with Crippen molar-refractivity contribution >= 4 is 16.0 Å². The third kappa shape index (κ3) is 3.74. The van der Waals surface area contributed by atoms with Gasteiger partial charge in [0.15, 0.2) is 0 Å². The fourth-order valence-electron chi connectivity index (χ4n) is 1.56. The largest absolute Gasteiger partial charge is 0.480 e.